The molecule has 2 atom stereocenters. The highest BCUT2D eigenvalue weighted by molar-refractivity contribution is 5.81. The highest BCUT2D eigenvalue weighted by atomic mass is 16.5. The average molecular weight is 229 g/mol. The number of carbonyl (C=O) groups is 2. The van der Waals surface area contributed by atoms with Gasteiger partial charge < -0.3 is 9.84 Å². The monoisotopic (exact) mass is 229 g/mol. The average Bonchev–Trinajstić information content (AvgIpc) is 2.27. The fourth-order valence-corrected chi connectivity index (χ4v) is 2.31. The van der Waals surface area contributed by atoms with Gasteiger partial charge in [0.1, 0.15) is 5.54 Å². The predicted octanol–water partition coefficient (Wildman–Crippen LogP) is 0.782. The molecule has 5 heteroatoms. The van der Waals surface area contributed by atoms with Gasteiger partial charge in [-0.05, 0) is 18.8 Å². The number of hydrogen-bond acceptors (Lipinski definition) is 4. The molecule has 16 heavy (non-hydrogen) atoms. The second kappa shape index (κ2) is 5.30. The highest BCUT2D eigenvalue weighted by Crippen LogP contribution is 2.33. The van der Waals surface area contributed by atoms with Crippen molar-refractivity contribution in [1.29, 1.82) is 0 Å². The van der Waals surface area contributed by atoms with Crippen LogP contribution in [-0.4, -0.2) is 36.2 Å². The van der Waals surface area contributed by atoms with E-state index in [9.17, 15) is 14.7 Å². The van der Waals surface area contributed by atoms with Gasteiger partial charge >= 0.3 is 11.9 Å². The second-order valence-electron chi connectivity index (χ2n) is 4.35. The molecule has 0 aromatic heterocycles. The predicted molar refractivity (Wildman–Crippen MR) is 58.0 cm³/mol. The minimum absolute atomic E-state index is 0.0309. The number of aliphatic carboxylic acids is 1. The summed E-state index contributed by atoms with van der Waals surface area (Å²) >= 11 is 0. The molecule has 5 nitrogen and oxygen atoms in total. The maximum atomic E-state index is 11.4. The first-order valence-electron chi connectivity index (χ1n) is 5.58. The molecule has 0 radical (unpaired) electrons. The summed E-state index contributed by atoms with van der Waals surface area (Å²) in [7, 11) is 1.29. The Labute approximate surface area is 95.2 Å². The smallest absolute Gasteiger partial charge is 0.324 e. The highest BCUT2D eigenvalue weighted by Gasteiger charge is 2.44. The Balaban J connectivity index is 2.71. The lowest BCUT2D eigenvalue weighted by Crippen LogP contribution is -2.59. The maximum absolute atomic E-state index is 11.4. The Morgan fingerprint density at radius 1 is 1.50 bits per heavy atom. The molecule has 1 aliphatic rings. The van der Waals surface area contributed by atoms with Crippen molar-refractivity contribution in [3.8, 4) is 0 Å². The summed E-state index contributed by atoms with van der Waals surface area (Å²) in [6.07, 6.45) is 3.38. The van der Waals surface area contributed by atoms with Gasteiger partial charge in [-0.1, -0.05) is 19.8 Å². The number of ether oxygens (including phenoxy) is 1. The normalized spacial score (nSPS) is 29.8. The lowest BCUT2D eigenvalue weighted by Gasteiger charge is -2.39. The molecule has 0 aromatic rings. The van der Waals surface area contributed by atoms with E-state index in [1.54, 1.807) is 0 Å². The molecular formula is C11H19NO4. The van der Waals surface area contributed by atoms with Gasteiger partial charge in [-0.2, -0.15) is 0 Å². The van der Waals surface area contributed by atoms with Crippen LogP contribution >= 0.6 is 0 Å². The van der Waals surface area contributed by atoms with E-state index in [2.05, 4.69) is 10.1 Å². The minimum Gasteiger partial charge on any atom is -0.480 e. The number of rotatable bonds is 4. The van der Waals surface area contributed by atoms with Gasteiger partial charge in [-0.3, -0.25) is 14.9 Å². The number of carboxylic acids is 1. The van der Waals surface area contributed by atoms with Crippen LogP contribution in [0.15, 0.2) is 0 Å². The van der Waals surface area contributed by atoms with E-state index in [1.165, 1.54) is 7.11 Å². The Hall–Kier alpha value is -1.10. The third-order valence-corrected chi connectivity index (χ3v) is 3.46. The molecule has 0 aromatic carbocycles. The first-order valence-corrected chi connectivity index (χ1v) is 5.58. The molecule has 1 rings (SSSR count). The largest absolute Gasteiger partial charge is 0.480 e. The molecular weight excluding hydrogens is 210 g/mol. The van der Waals surface area contributed by atoms with Gasteiger partial charge in [0.05, 0.1) is 13.7 Å². The van der Waals surface area contributed by atoms with E-state index in [4.69, 9.17) is 0 Å². The molecule has 92 valence electrons. The number of hydrogen-bond donors (Lipinski definition) is 2. The molecule has 1 aliphatic carbocycles. The van der Waals surface area contributed by atoms with Crippen molar-refractivity contribution in [2.75, 3.05) is 13.7 Å². The standard InChI is InChI=1S/C11H19NO4/c1-8-5-3-4-6-11(8,10(14)15)12-7-9(13)16-2/h8,12H,3-7H2,1-2H3,(H,14,15). The van der Waals surface area contributed by atoms with Crippen LogP contribution in [0.5, 0.6) is 0 Å². The van der Waals surface area contributed by atoms with Gasteiger partial charge in [-0.15, -0.1) is 0 Å². The molecule has 1 saturated carbocycles. The quantitative estimate of drug-likeness (QED) is 0.697. The number of esters is 1. The van der Waals surface area contributed by atoms with Crippen molar-refractivity contribution >= 4 is 11.9 Å². The third-order valence-electron chi connectivity index (χ3n) is 3.46. The summed E-state index contributed by atoms with van der Waals surface area (Å²) in [6.45, 7) is 1.87. The first kappa shape index (κ1) is 13.0. The zero-order chi connectivity index (χ0) is 12.2. The summed E-state index contributed by atoms with van der Waals surface area (Å²) in [5.41, 5.74) is -0.966. The summed E-state index contributed by atoms with van der Waals surface area (Å²) < 4.78 is 4.51. The molecule has 0 saturated heterocycles. The Morgan fingerprint density at radius 2 is 2.19 bits per heavy atom. The zero-order valence-electron chi connectivity index (χ0n) is 9.78. The summed E-state index contributed by atoms with van der Waals surface area (Å²) in [4.78, 5) is 22.4. The number of nitrogens with one attached hydrogen (secondary N) is 1. The van der Waals surface area contributed by atoms with Gasteiger partial charge in [0.2, 0.25) is 0 Å². The molecule has 0 spiro atoms. The van der Waals surface area contributed by atoms with E-state index < -0.39 is 17.5 Å². The zero-order valence-corrected chi connectivity index (χ0v) is 9.78. The summed E-state index contributed by atoms with van der Waals surface area (Å²) in [5.74, 6) is -1.27. The van der Waals surface area contributed by atoms with Crippen LogP contribution in [0.25, 0.3) is 0 Å². The number of methoxy groups -OCH3 is 1. The third kappa shape index (κ3) is 2.52. The van der Waals surface area contributed by atoms with Gasteiger partial charge in [0.25, 0.3) is 0 Å². The topological polar surface area (TPSA) is 75.6 Å². The van der Waals surface area contributed by atoms with Gasteiger partial charge in [-0.25, -0.2) is 0 Å². The summed E-state index contributed by atoms with van der Waals surface area (Å²) in [5, 5.41) is 12.2. The van der Waals surface area contributed by atoms with E-state index in [0.29, 0.717) is 6.42 Å². The fraction of sp³-hybridized carbons (Fsp3) is 0.818. The van der Waals surface area contributed by atoms with Crippen LogP contribution in [0.3, 0.4) is 0 Å². The van der Waals surface area contributed by atoms with Crippen molar-refractivity contribution in [2.45, 2.75) is 38.1 Å². The van der Waals surface area contributed by atoms with Crippen LogP contribution in [0.4, 0.5) is 0 Å². The van der Waals surface area contributed by atoms with Crippen molar-refractivity contribution in [3.63, 3.8) is 0 Å². The first-order chi connectivity index (χ1) is 7.53. The van der Waals surface area contributed by atoms with Crippen LogP contribution < -0.4 is 5.32 Å². The molecule has 1 fully saturated rings. The van der Waals surface area contributed by atoms with Crippen molar-refractivity contribution < 1.29 is 19.4 Å². The van der Waals surface area contributed by atoms with Gasteiger partial charge in [0, 0.05) is 0 Å². The second-order valence-corrected chi connectivity index (χ2v) is 4.35. The van der Waals surface area contributed by atoms with Gasteiger partial charge in [0.15, 0.2) is 0 Å². The van der Waals surface area contributed by atoms with E-state index >= 15 is 0 Å². The molecule has 0 bridgehead atoms. The molecule has 2 N–H and O–H groups in total. The van der Waals surface area contributed by atoms with E-state index in [0.717, 1.165) is 19.3 Å². The van der Waals surface area contributed by atoms with E-state index in [1.807, 2.05) is 6.92 Å². The van der Waals surface area contributed by atoms with Crippen molar-refractivity contribution in [3.05, 3.63) is 0 Å². The van der Waals surface area contributed by atoms with Crippen molar-refractivity contribution in [1.82, 2.24) is 5.32 Å². The maximum Gasteiger partial charge on any atom is 0.324 e. The molecule has 2 unspecified atom stereocenters. The number of carbonyl (C=O) groups excluding carboxylic acids is 1. The lowest BCUT2D eigenvalue weighted by molar-refractivity contribution is -0.150. The Bertz CT molecular complexity index is 279. The lowest BCUT2D eigenvalue weighted by atomic mass is 9.73. The molecule has 0 amide bonds. The Morgan fingerprint density at radius 3 is 2.69 bits per heavy atom. The Kier molecular flexibility index (Phi) is 4.29. The SMILES string of the molecule is COC(=O)CNC1(C(=O)O)CCCCC1C. The minimum atomic E-state index is -0.966. The van der Waals surface area contributed by atoms with Crippen LogP contribution in [-0.2, 0) is 14.3 Å². The van der Waals surface area contributed by atoms with Crippen LogP contribution in [0.1, 0.15) is 32.6 Å². The van der Waals surface area contributed by atoms with Crippen LogP contribution in [0.2, 0.25) is 0 Å². The number of carboxylic acid groups (broad SMARTS) is 1. The van der Waals surface area contributed by atoms with Crippen molar-refractivity contribution in [2.24, 2.45) is 5.92 Å². The van der Waals surface area contributed by atoms with Crippen LogP contribution in [0, 0.1) is 5.92 Å². The molecule has 0 heterocycles. The molecule has 0 aliphatic heterocycles. The fourth-order valence-electron chi connectivity index (χ4n) is 2.31. The van der Waals surface area contributed by atoms with E-state index in [-0.39, 0.29) is 12.5 Å². The summed E-state index contributed by atoms with van der Waals surface area (Å²) in [6, 6.07) is 0.